The average Bonchev–Trinajstić information content (AvgIpc) is 3.44. The molecule has 2 aliphatic rings. The number of thiophene rings is 1. The van der Waals surface area contributed by atoms with Gasteiger partial charge in [-0.05, 0) is 49.6 Å². The lowest BCUT2D eigenvalue weighted by atomic mass is 9.96. The molecule has 5 rings (SSSR count). The monoisotopic (exact) mass is 422 g/mol. The number of carbonyl (C=O) groups excluding carboxylic acids is 1. The predicted molar refractivity (Wildman–Crippen MR) is 120 cm³/mol. The molecule has 3 heterocycles. The smallest absolute Gasteiger partial charge is 0.273 e. The van der Waals surface area contributed by atoms with Crippen LogP contribution in [0.3, 0.4) is 0 Å². The van der Waals surface area contributed by atoms with Crippen molar-refractivity contribution in [3.8, 4) is 0 Å². The van der Waals surface area contributed by atoms with Crippen LogP contribution in [-0.2, 0) is 11.3 Å². The third kappa shape index (κ3) is 3.86. The summed E-state index contributed by atoms with van der Waals surface area (Å²) >= 11 is 1.45. The number of hydrogen-bond acceptors (Lipinski definition) is 5. The second-order valence-electron chi connectivity index (χ2n) is 8.47. The maximum Gasteiger partial charge on any atom is 0.273 e. The van der Waals surface area contributed by atoms with E-state index in [9.17, 15) is 9.59 Å². The molecule has 1 N–H and O–H groups in total. The molecular weight excluding hydrogens is 396 g/mol. The van der Waals surface area contributed by atoms with Crippen molar-refractivity contribution in [2.45, 2.75) is 45.2 Å². The van der Waals surface area contributed by atoms with Crippen LogP contribution in [0.5, 0.6) is 0 Å². The minimum atomic E-state index is 0.0131. The van der Waals surface area contributed by atoms with Crippen LogP contribution in [0.25, 0.3) is 10.2 Å². The van der Waals surface area contributed by atoms with Crippen LogP contribution in [0.4, 0.5) is 5.95 Å². The van der Waals surface area contributed by atoms with Gasteiger partial charge in [-0.2, -0.15) is 0 Å². The number of nitrogens with zero attached hydrogens (tertiary/aromatic N) is 3. The Morgan fingerprint density at radius 1 is 1.13 bits per heavy atom. The molecule has 2 aromatic heterocycles. The number of benzene rings is 1. The highest BCUT2D eigenvalue weighted by Gasteiger charge is 2.31. The van der Waals surface area contributed by atoms with Crippen LogP contribution in [0, 0.1) is 12.8 Å². The van der Waals surface area contributed by atoms with Gasteiger partial charge in [0.2, 0.25) is 11.9 Å². The van der Waals surface area contributed by atoms with E-state index < -0.39 is 0 Å². The topological polar surface area (TPSA) is 67.2 Å². The largest absolute Gasteiger partial charge is 0.353 e. The van der Waals surface area contributed by atoms with Gasteiger partial charge in [-0.25, -0.2) is 4.98 Å². The quantitative estimate of drug-likeness (QED) is 0.685. The number of carbonyl (C=O) groups is 1. The van der Waals surface area contributed by atoms with E-state index in [1.165, 1.54) is 16.9 Å². The van der Waals surface area contributed by atoms with Gasteiger partial charge in [-0.3, -0.25) is 14.2 Å². The van der Waals surface area contributed by atoms with Gasteiger partial charge in [0.1, 0.15) is 4.70 Å². The summed E-state index contributed by atoms with van der Waals surface area (Å²) in [6.45, 7) is 4.03. The van der Waals surface area contributed by atoms with Crippen LogP contribution in [0.15, 0.2) is 40.5 Å². The van der Waals surface area contributed by atoms with Crippen LogP contribution in [0.1, 0.15) is 36.8 Å². The van der Waals surface area contributed by atoms with E-state index in [0.29, 0.717) is 23.2 Å². The Bertz CT molecular complexity index is 1120. The van der Waals surface area contributed by atoms with Gasteiger partial charge in [0, 0.05) is 25.0 Å². The highest BCUT2D eigenvalue weighted by molar-refractivity contribution is 7.17. The van der Waals surface area contributed by atoms with Crippen molar-refractivity contribution in [2.24, 2.45) is 5.92 Å². The fourth-order valence-corrected chi connectivity index (χ4v) is 4.86. The number of rotatable bonds is 5. The lowest BCUT2D eigenvalue weighted by Gasteiger charge is -2.33. The molecule has 0 unspecified atom stereocenters. The van der Waals surface area contributed by atoms with Crippen molar-refractivity contribution in [2.75, 3.05) is 18.0 Å². The van der Waals surface area contributed by atoms with E-state index in [2.05, 4.69) is 41.4 Å². The molecule has 6 nitrogen and oxygen atoms in total. The zero-order valence-corrected chi connectivity index (χ0v) is 18.0. The highest BCUT2D eigenvalue weighted by Crippen LogP contribution is 2.26. The summed E-state index contributed by atoms with van der Waals surface area (Å²) in [7, 11) is 0. The molecule has 1 amide bonds. The summed E-state index contributed by atoms with van der Waals surface area (Å²) in [6.07, 6.45) is 3.81. The molecule has 7 heteroatoms. The summed E-state index contributed by atoms with van der Waals surface area (Å²) in [4.78, 5) is 32.7. The van der Waals surface area contributed by atoms with Gasteiger partial charge in [0.15, 0.2) is 0 Å². The number of anilines is 1. The molecule has 1 aliphatic heterocycles. The Morgan fingerprint density at radius 3 is 2.57 bits per heavy atom. The van der Waals surface area contributed by atoms with Crippen LogP contribution in [0.2, 0.25) is 0 Å². The first-order valence-corrected chi connectivity index (χ1v) is 11.6. The van der Waals surface area contributed by atoms with E-state index in [1.54, 1.807) is 4.57 Å². The fraction of sp³-hybridized carbons (Fsp3) is 0.435. The molecule has 156 valence electrons. The molecule has 0 radical (unpaired) electrons. The van der Waals surface area contributed by atoms with E-state index in [1.807, 2.05) is 11.4 Å². The number of fused-ring (bicyclic) bond motifs is 1. The van der Waals surface area contributed by atoms with Crippen molar-refractivity contribution < 1.29 is 4.79 Å². The molecule has 0 bridgehead atoms. The highest BCUT2D eigenvalue weighted by atomic mass is 32.1. The fourth-order valence-electron chi connectivity index (χ4n) is 4.08. The second-order valence-corrected chi connectivity index (χ2v) is 9.38. The van der Waals surface area contributed by atoms with Gasteiger partial charge in [-0.15, -0.1) is 11.3 Å². The summed E-state index contributed by atoms with van der Waals surface area (Å²) < 4.78 is 2.50. The van der Waals surface area contributed by atoms with Gasteiger partial charge in [0.05, 0.1) is 12.1 Å². The minimum Gasteiger partial charge on any atom is -0.353 e. The molecular formula is C23H26N4O2S. The summed E-state index contributed by atoms with van der Waals surface area (Å²) in [5.74, 6) is 0.965. The first-order valence-electron chi connectivity index (χ1n) is 10.7. The third-order valence-corrected chi connectivity index (χ3v) is 6.97. The molecule has 0 atom stereocenters. The number of piperidine rings is 1. The van der Waals surface area contributed by atoms with Gasteiger partial charge >= 0.3 is 0 Å². The Morgan fingerprint density at radius 2 is 1.87 bits per heavy atom. The van der Waals surface area contributed by atoms with Crippen molar-refractivity contribution in [3.63, 3.8) is 0 Å². The van der Waals surface area contributed by atoms with E-state index in [0.717, 1.165) is 49.9 Å². The summed E-state index contributed by atoms with van der Waals surface area (Å²) in [5.41, 5.74) is 3.05. The lowest BCUT2D eigenvalue weighted by Crippen LogP contribution is -2.43. The SMILES string of the molecule is Cc1ccc(Cn2c(N3CCC(C(=O)NC4CC4)CC3)nc3ccsc3c2=O)cc1. The third-order valence-electron chi connectivity index (χ3n) is 6.08. The molecule has 1 aromatic carbocycles. The molecule has 3 aromatic rings. The molecule has 1 saturated heterocycles. The minimum absolute atomic E-state index is 0.0131. The van der Waals surface area contributed by atoms with Crippen molar-refractivity contribution in [1.82, 2.24) is 14.9 Å². The molecule has 2 fully saturated rings. The van der Waals surface area contributed by atoms with Crippen molar-refractivity contribution in [1.29, 1.82) is 0 Å². The number of nitrogens with one attached hydrogen (secondary N) is 1. The lowest BCUT2D eigenvalue weighted by molar-refractivity contribution is -0.125. The number of amides is 1. The van der Waals surface area contributed by atoms with Crippen molar-refractivity contribution >= 4 is 33.4 Å². The molecule has 1 saturated carbocycles. The maximum absolute atomic E-state index is 13.3. The predicted octanol–water partition coefficient (Wildman–Crippen LogP) is 3.31. The van der Waals surface area contributed by atoms with E-state index in [-0.39, 0.29) is 17.4 Å². The van der Waals surface area contributed by atoms with Crippen LogP contribution >= 0.6 is 11.3 Å². The zero-order chi connectivity index (χ0) is 20.7. The van der Waals surface area contributed by atoms with E-state index in [4.69, 9.17) is 4.98 Å². The molecule has 0 spiro atoms. The Labute approximate surface area is 179 Å². The van der Waals surface area contributed by atoms with E-state index >= 15 is 0 Å². The molecule has 1 aliphatic carbocycles. The van der Waals surface area contributed by atoms with Gasteiger partial charge in [0.25, 0.3) is 5.56 Å². The Kier molecular flexibility index (Phi) is 5.06. The first kappa shape index (κ1) is 19.3. The Hall–Kier alpha value is -2.67. The first-order chi connectivity index (χ1) is 14.6. The number of aromatic nitrogens is 2. The summed E-state index contributed by atoms with van der Waals surface area (Å²) in [6, 6.07) is 10.6. The normalized spacial score (nSPS) is 17.4. The van der Waals surface area contributed by atoms with Crippen LogP contribution < -0.4 is 15.8 Å². The Balaban J connectivity index is 1.42. The average molecular weight is 423 g/mol. The van der Waals surface area contributed by atoms with Crippen molar-refractivity contribution in [3.05, 3.63) is 57.2 Å². The zero-order valence-electron chi connectivity index (χ0n) is 17.1. The van der Waals surface area contributed by atoms with Crippen LogP contribution in [-0.4, -0.2) is 34.6 Å². The van der Waals surface area contributed by atoms with Gasteiger partial charge in [-0.1, -0.05) is 29.8 Å². The van der Waals surface area contributed by atoms with Gasteiger partial charge < -0.3 is 10.2 Å². The number of aryl methyl sites for hydroxylation is 1. The molecule has 30 heavy (non-hydrogen) atoms. The summed E-state index contributed by atoms with van der Waals surface area (Å²) in [5, 5.41) is 5.05. The second kappa shape index (κ2) is 7.87. The number of hydrogen-bond donors (Lipinski definition) is 1. The standard InChI is InChI=1S/C23H26N4O2S/c1-15-2-4-16(5-3-15)14-27-22(29)20-19(10-13-30-20)25-23(27)26-11-8-17(9-12-26)21(28)24-18-6-7-18/h2-5,10,13,17-18H,6-9,11-12,14H2,1H3,(H,24,28). The maximum atomic E-state index is 13.3.